The molecule has 0 saturated carbocycles. The van der Waals surface area contributed by atoms with Crippen LogP contribution in [0.4, 0.5) is 5.69 Å². The number of ether oxygens (including phenoxy) is 1. The van der Waals surface area contributed by atoms with Gasteiger partial charge in [0, 0.05) is 17.7 Å². The molecule has 1 amide bonds. The number of non-ortho nitro benzene ring substituents is 1. The van der Waals surface area contributed by atoms with E-state index in [0.717, 1.165) is 0 Å². The molecule has 1 aromatic carbocycles. The van der Waals surface area contributed by atoms with Gasteiger partial charge in [-0.25, -0.2) is 0 Å². The van der Waals surface area contributed by atoms with Crippen LogP contribution in [0.3, 0.4) is 0 Å². The third-order valence-electron chi connectivity index (χ3n) is 2.26. The second kappa shape index (κ2) is 5.97. The maximum Gasteiger partial charge on any atom is 0.270 e. The summed E-state index contributed by atoms with van der Waals surface area (Å²) in [5.41, 5.74) is 5.13. The average Bonchev–Trinajstić information content (AvgIpc) is 2.28. The Hall–Kier alpha value is -2.15. The molecule has 1 rings (SSSR count). The van der Waals surface area contributed by atoms with Crippen LogP contribution < -0.4 is 10.5 Å². The standard InChI is InChI=1S/C11H14N2O5/c1-7(14)9-6-8(13(16)17)2-3-10(9)18-5-4-11(12)15/h2-3,6-7,14H,4-5H2,1H3,(H2,12,15)/t7-/m0/s1. The fourth-order valence-corrected chi connectivity index (χ4v) is 1.37. The molecular weight excluding hydrogens is 240 g/mol. The van der Waals surface area contributed by atoms with E-state index in [1.54, 1.807) is 0 Å². The smallest absolute Gasteiger partial charge is 0.270 e. The lowest BCUT2D eigenvalue weighted by Gasteiger charge is -2.12. The van der Waals surface area contributed by atoms with Gasteiger partial charge in [-0.15, -0.1) is 0 Å². The minimum absolute atomic E-state index is 0.0379. The molecule has 1 atom stereocenters. The second-order valence-corrected chi connectivity index (χ2v) is 3.72. The molecule has 7 heteroatoms. The van der Waals surface area contributed by atoms with E-state index in [9.17, 15) is 20.0 Å². The molecule has 18 heavy (non-hydrogen) atoms. The van der Waals surface area contributed by atoms with Crippen LogP contribution >= 0.6 is 0 Å². The minimum atomic E-state index is -0.909. The Bertz CT molecular complexity index is 459. The minimum Gasteiger partial charge on any atom is -0.493 e. The number of hydrogen-bond acceptors (Lipinski definition) is 5. The molecule has 1 aromatic rings. The molecule has 98 valence electrons. The maximum atomic E-state index is 10.6. The molecule has 0 heterocycles. The van der Waals surface area contributed by atoms with Gasteiger partial charge in [0.05, 0.1) is 24.1 Å². The Morgan fingerprint density at radius 3 is 2.78 bits per heavy atom. The number of nitro groups is 1. The van der Waals surface area contributed by atoms with Gasteiger partial charge in [0.2, 0.25) is 5.91 Å². The van der Waals surface area contributed by atoms with Gasteiger partial charge in [0.25, 0.3) is 5.69 Å². The number of aliphatic hydroxyl groups is 1. The van der Waals surface area contributed by atoms with Crippen LogP contribution in [0.15, 0.2) is 18.2 Å². The lowest BCUT2D eigenvalue weighted by atomic mass is 10.1. The Kier molecular flexibility index (Phi) is 4.61. The largest absolute Gasteiger partial charge is 0.493 e. The lowest BCUT2D eigenvalue weighted by Crippen LogP contribution is -2.15. The van der Waals surface area contributed by atoms with Crippen LogP contribution in [0.2, 0.25) is 0 Å². The van der Waals surface area contributed by atoms with Crippen molar-refractivity contribution >= 4 is 11.6 Å². The van der Waals surface area contributed by atoms with Crippen molar-refractivity contribution in [3.8, 4) is 5.75 Å². The summed E-state index contributed by atoms with van der Waals surface area (Å²) in [4.78, 5) is 20.6. The SMILES string of the molecule is C[C@H](O)c1cc([N+](=O)[O-])ccc1OCCC(N)=O. The van der Waals surface area contributed by atoms with Crippen molar-refractivity contribution in [1.82, 2.24) is 0 Å². The average molecular weight is 254 g/mol. The maximum absolute atomic E-state index is 10.6. The first kappa shape index (κ1) is 13.9. The molecule has 0 unspecified atom stereocenters. The third kappa shape index (κ3) is 3.70. The summed E-state index contributed by atoms with van der Waals surface area (Å²) < 4.78 is 5.26. The van der Waals surface area contributed by atoms with E-state index in [4.69, 9.17) is 10.5 Å². The molecule has 0 aromatic heterocycles. The number of nitrogens with two attached hydrogens (primary N) is 1. The normalized spacial score (nSPS) is 11.9. The van der Waals surface area contributed by atoms with Gasteiger partial charge >= 0.3 is 0 Å². The van der Waals surface area contributed by atoms with Gasteiger partial charge in [-0.1, -0.05) is 0 Å². The van der Waals surface area contributed by atoms with E-state index >= 15 is 0 Å². The summed E-state index contributed by atoms with van der Waals surface area (Å²) in [6.45, 7) is 1.53. The van der Waals surface area contributed by atoms with Crippen LogP contribution in [0.25, 0.3) is 0 Å². The first-order valence-corrected chi connectivity index (χ1v) is 5.29. The molecule has 0 fully saturated rings. The Morgan fingerprint density at radius 2 is 2.28 bits per heavy atom. The van der Waals surface area contributed by atoms with E-state index in [2.05, 4.69) is 0 Å². The number of carbonyl (C=O) groups is 1. The molecule has 7 nitrogen and oxygen atoms in total. The number of rotatable bonds is 6. The van der Waals surface area contributed by atoms with Crippen molar-refractivity contribution in [2.45, 2.75) is 19.4 Å². The molecule has 0 spiro atoms. The zero-order valence-corrected chi connectivity index (χ0v) is 9.83. The van der Waals surface area contributed by atoms with E-state index in [-0.39, 0.29) is 18.7 Å². The van der Waals surface area contributed by atoms with Crippen molar-refractivity contribution in [2.75, 3.05) is 6.61 Å². The summed E-state index contributed by atoms with van der Waals surface area (Å²) in [7, 11) is 0. The summed E-state index contributed by atoms with van der Waals surface area (Å²) in [6, 6.07) is 3.90. The molecule has 0 aliphatic carbocycles. The Morgan fingerprint density at radius 1 is 1.61 bits per heavy atom. The second-order valence-electron chi connectivity index (χ2n) is 3.72. The monoisotopic (exact) mass is 254 g/mol. The van der Waals surface area contributed by atoms with Crippen molar-refractivity contribution in [3.05, 3.63) is 33.9 Å². The zero-order valence-electron chi connectivity index (χ0n) is 9.83. The Labute approximate surface area is 103 Å². The van der Waals surface area contributed by atoms with E-state index in [1.807, 2.05) is 0 Å². The summed E-state index contributed by atoms with van der Waals surface area (Å²) in [6.07, 6.45) is -0.871. The number of amides is 1. The number of aliphatic hydroxyl groups excluding tert-OH is 1. The number of nitro benzene ring substituents is 1. The van der Waals surface area contributed by atoms with Gasteiger partial charge in [-0.05, 0) is 13.0 Å². The molecular formula is C11H14N2O5. The molecule has 0 bridgehead atoms. The van der Waals surface area contributed by atoms with Gasteiger partial charge in [0.15, 0.2) is 0 Å². The van der Waals surface area contributed by atoms with E-state index in [0.29, 0.717) is 11.3 Å². The van der Waals surface area contributed by atoms with Crippen molar-refractivity contribution in [1.29, 1.82) is 0 Å². The summed E-state index contributed by atoms with van der Waals surface area (Å²) in [5, 5.41) is 20.1. The number of hydrogen-bond donors (Lipinski definition) is 2. The van der Waals surface area contributed by atoms with Crippen LogP contribution in [0.5, 0.6) is 5.75 Å². The summed E-state index contributed by atoms with van der Waals surface area (Å²) in [5.74, 6) is -0.202. The van der Waals surface area contributed by atoms with Gasteiger partial charge in [0.1, 0.15) is 5.75 Å². The van der Waals surface area contributed by atoms with Crippen LogP contribution in [-0.2, 0) is 4.79 Å². The molecule has 0 aliphatic rings. The fourth-order valence-electron chi connectivity index (χ4n) is 1.37. The van der Waals surface area contributed by atoms with E-state index < -0.39 is 16.9 Å². The highest BCUT2D eigenvalue weighted by molar-refractivity contribution is 5.73. The lowest BCUT2D eigenvalue weighted by molar-refractivity contribution is -0.385. The van der Waals surface area contributed by atoms with Crippen LogP contribution in [-0.4, -0.2) is 22.5 Å². The van der Waals surface area contributed by atoms with Crippen molar-refractivity contribution in [3.63, 3.8) is 0 Å². The highest BCUT2D eigenvalue weighted by Gasteiger charge is 2.15. The molecule has 3 N–H and O–H groups in total. The van der Waals surface area contributed by atoms with Gasteiger partial charge < -0.3 is 15.6 Å². The highest BCUT2D eigenvalue weighted by atomic mass is 16.6. The number of primary amides is 1. The topological polar surface area (TPSA) is 116 Å². The zero-order chi connectivity index (χ0) is 13.7. The Balaban J connectivity index is 2.90. The quantitative estimate of drug-likeness (QED) is 0.578. The first-order valence-electron chi connectivity index (χ1n) is 5.29. The third-order valence-corrected chi connectivity index (χ3v) is 2.26. The fraction of sp³-hybridized carbons (Fsp3) is 0.364. The van der Waals surface area contributed by atoms with Crippen LogP contribution in [0.1, 0.15) is 25.0 Å². The van der Waals surface area contributed by atoms with Gasteiger partial charge in [-0.2, -0.15) is 0 Å². The van der Waals surface area contributed by atoms with Crippen LogP contribution in [0, 0.1) is 10.1 Å². The molecule has 0 aliphatic heterocycles. The number of benzene rings is 1. The van der Waals surface area contributed by atoms with Gasteiger partial charge in [-0.3, -0.25) is 14.9 Å². The molecule has 0 radical (unpaired) electrons. The number of carbonyl (C=O) groups excluding carboxylic acids is 1. The predicted molar refractivity (Wildman–Crippen MR) is 63.0 cm³/mol. The van der Waals surface area contributed by atoms with Crippen molar-refractivity contribution in [2.24, 2.45) is 5.73 Å². The van der Waals surface area contributed by atoms with Crippen molar-refractivity contribution < 1.29 is 19.6 Å². The van der Waals surface area contributed by atoms with E-state index in [1.165, 1.54) is 25.1 Å². The number of nitrogens with zero attached hydrogens (tertiary/aromatic N) is 1. The highest BCUT2D eigenvalue weighted by Crippen LogP contribution is 2.29. The molecule has 0 saturated heterocycles. The first-order chi connectivity index (χ1) is 8.41. The summed E-state index contributed by atoms with van der Waals surface area (Å²) >= 11 is 0. The predicted octanol–water partition coefficient (Wildman–Crippen LogP) is 0.902.